The molecule has 24 heavy (non-hydrogen) atoms. The number of nitrogens with zero attached hydrogens (tertiary/aromatic N) is 3. The SMILES string of the molecule is COc1ccc2cc(C(=O)N3CCN(C(=O)O)C[C@H]3C)n(C)c2c1. The minimum Gasteiger partial charge on any atom is -0.497 e. The lowest BCUT2D eigenvalue weighted by Gasteiger charge is -2.38. The molecule has 2 amide bonds. The molecule has 128 valence electrons. The number of fused-ring (bicyclic) bond motifs is 1. The van der Waals surface area contributed by atoms with E-state index in [-0.39, 0.29) is 11.9 Å². The molecule has 0 unspecified atom stereocenters. The minimum atomic E-state index is -0.939. The molecule has 0 radical (unpaired) electrons. The first-order valence-corrected chi connectivity index (χ1v) is 7.84. The molecule has 1 atom stereocenters. The molecule has 0 saturated carbocycles. The van der Waals surface area contributed by atoms with Crippen LogP contribution in [0.4, 0.5) is 4.79 Å². The van der Waals surface area contributed by atoms with Crippen LogP contribution in [0.1, 0.15) is 17.4 Å². The molecule has 1 aromatic heterocycles. The Morgan fingerprint density at radius 1 is 1.25 bits per heavy atom. The summed E-state index contributed by atoms with van der Waals surface area (Å²) in [5.41, 5.74) is 1.52. The van der Waals surface area contributed by atoms with Crippen LogP contribution in [0, 0.1) is 0 Å². The van der Waals surface area contributed by atoms with Crippen molar-refractivity contribution in [1.29, 1.82) is 0 Å². The summed E-state index contributed by atoms with van der Waals surface area (Å²) in [6.45, 7) is 2.94. The fourth-order valence-electron chi connectivity index (χ4n) is 3.22. The molecule has 1 fully saturated rings. The van der Waals surface area contributed by atoms with Crippen molar-refractivity contribution >= 4 is 22.9 Å². The molecule has 0 bridgehead atoms. The number of amides is 2. The first-order valence-electron chi connectivity index (χ1n) is 7.84. The molecular weight excluding hydrogens is 310 g/mol. The van der Waals surface area contributed by atoms with Crippen LogP contribution < -0.4 is 4.74 Å². The molecule has 7 heteroatoms. The molecule has 1 saturated heterocycles. The van der Waals surface area contributed by atoms with E-state index in [1.807, 2.05) is 42.8 Å². The van der Waals surface area contributed by atoms with E-state index in [0.29, 0.717) is 25.3 Å². The van der Waals surface area contributed by atoms with Crippen molar-refractivity contribution in [3.8, 4) is 5.75 Å². The van der Waals surface area contributed by atoms with Crippen LogP contribution in [0.2, 0.25) is 0 Å². The van der Waals surface area contributed by atoms with Crippen LogP contribution in [-0.4, -0.2) is 64.3 Å². The highest BCUT2D eigenvalue weighted by Crippen LogP contribution is 2.25. The highest BCUT2D eigenvalue weighted by molar-refractivity contribution is 5.99. The number of carboxylic acid groups (broad SMARTS) is 1. The Morgan fingerprint density at radius 3 is 2.62 bits per heavy atom. The average Bonchev–Trinajstić information content (AvgIpc) is 2.90. The van der Waals surface area contributed by atoms with Crippen LogP contribution in [0.25, 0.3) is 10.9 Å². The largest absolute Gasteiger partial charge is 0.497 e. The Kier molecular flexibility index (Phi) is 4.09. The van der Waals surface area contributed by atoms with Crippen molar-refractivity contribution in [2.45, 2.75) is 13.0 Å². The van der Waals surface area contributed by atoms with Gasteiger partial charge >= 0.3 is 6.09 Å². The smallest absolute Gasteiger partial charge is 0.407 e. The van der Waals surface area contributed by atoms with Gasteiger partial charge in [-0.25, -0.2) is 4.79 Å². The van der Waals surface area contributed by atoms with Crippen LogP contribution >= 0.6 is 0 Å². The molecule has 1 N–H and O–H groups in total. The summed E-state index contributed by atoms with van der Waals surface area (Å²) in [5.74, 6) is 0.663. The van der Waals surface area contributed by atoms with Gasteiger partial charge < -0.3 is 24.2 Å². The van der Waals surface area contributed by atoms with E-state index in [0.717, 1.165) is 16.7 Å². The van der Waals surface area contributed by atoms with E-state index in [4.69, 9.17) is 9.84 Å². The zero-order chi connectivity index (χ0) is 17.4. The van der Waals surface area contributed by atoms with Gasteiger partial charge in [-0.05, 0) is 25.1 Å². The monoisotopic (exact) mass is 331 g/mol. The van der Waals surface area contributed by atoms with Crippen LogP contribution in [0.5, 0.6) is 5.75 Å². The van der Waals surface area contributed by atoms with Crippen LogP contribution in [0.3, 0.4) is 0 Å². The molecule has 1 aliphatic heterocycles. The number of carbonyl (C=O) groups excluding carboxylic acids is 1. The lowest BCUT2D eigenvalue weighted by atomic mass is 10.1. The maximum absolute atomic E-state index is 12.9. The lowest BCUT2D eigenvalue weighted by Crippen LogP contribution is -2.55. The van der Waals surface area contributed by atoms with Gasteiger partial charge in [-0.15, -0.1) is 0 Å². The summed E-state index contributed by atoms with van der Waals surface area (Å²) in [5, 5.41) is 10.1. The molecule has 1 aromatic carbocycles. The number of methoxy groups -OCH3 is 1. The highest BCUT2D eigenvalue weighted by Gasteiger charge is 2.31. The minimum absolute atomic E-state index is 0.0785. The maximum atomic E-state index is 12.9. The molecule has 2 aromatic rings. The zero-order valence-electron chi connectivity index (χ0n) is 14.0. The van der Waals surface area contributed by atoms with Gasteiger partial charge in [0.25, 0.3) is 5.91 Å². The third-order valence-corrected chi connectivity index (χ3v) is 4.63. The van der Waals surface area contributed by atoms with Crippen molar-refractivity contribution in [3.05, 3.63) is 30.0 Å². The third kappa shape index (κ3) is 2.66. The predicted molar refractivity (Wildman–Crippen MR) is 89.6 cm³/mol. The number of carbonyl (C=O) groups is 2. The van der Waals surface area contributed by atoms with Crippen molar-refractivity contribution in [1.82, 2.24) is 14.4 Å². The fourth-order valence-corrected chi connectivity index (χ4v) is 3.22. The number of hydrogen-bond donors (Lipinski definition) is 1. The van der Waals surface area contributed by atoms with Crippen molar-refractivity contribution < 1.29 is 19.4 Å². The summed E-state index contributed by atoms with van der Waals surface area (Å²) >= 11 is 0. The Hall–Kier alpha value is -2.70. The number of rotatable bonds is 2. The quantitative estimate of drug-likeness (QED) is 0.913. The van der Waals surface area contributed by atoms with Gasteiger partial charge in [-0.2, -0.15) is 0 Å². The second kappa shape index (κ2) is 6.07. The first kappa shape index (κ1) is 16.2. The van der Waals surface area contributed by atoms with E-state index < -0.39 is 6.09 Å². The number of aromatic nitrogens is 1. The van der Waals surface area contributed by atoms with Gasteiger partial charge in [0.15, 0.2) is 0 Å². The van der Waals surface area contributed by atoms with E-state index >= 15 is 0 Å². The van der Waals surface area contributed by atoms with Gasteiger partial charge in [-0.1, -0.05) is 0 Å². The topological polar surface area (TPSA) is 75.0 Å². The van der Waals surface area contributed by atoms with Gasteiger partial charge in [0.05, 0.1) is 12.6 Å². The summed E-state index contributed by atoms with van der Waals surface area (Å²) in [4.78, 5) is 27.1. The Morgan fingerprint density at radius 2 is 2.00 bits per heavy atom. The average molecular weight is 331 g/mol. The molecular formula is C17H21N3O4. The molecule has 3 rings (SSSR count). The summed E-state index contributed by atoms with van der Waals surface area (Å²) in [7, 11) is 3.47. The van der Waals surface area contributed by atoms with Crippen LogP contribution in [0.15, 0.2) is 24.3 Å². The number of ether oxygens (including phenoxy) is 1. The second-order valence-electron chi connectivity index (χ2n) is 6.09. The van der Waals surface area contributed by atoms with Gasteiger partial charge in [0, 0.05) is 44.2 Å². The normalized spacial score (nSPS) is 18.0. The summed E-state index contributed by atoms with van der Waals surface area (Å²) < 4.78 is 7.10. The fraction of sp³-hybridized carbons (Fsp3) is 0.412. The van der Waals surface area contributed by atoms with Crippen molar-refractivity contribution in [2.75, 3.05) is 26.7 Å². The van der Waals surface area contributed by atoms with Crippen molar-refractivity contribution in [3.63, 3.8) is 0 Å². The van der Waals surface area contributed by atoms with E-state index in [9.17, 15) is 9.59 Å². The highest BCUT2D eigenvalue weighted by atomic mass is 16.5. The number of piperazine rings is 1. The summed E-state index contributed by atoms with van der Waals surface area (Å²) in [6.07, 6.45) is -0.939. The Bertz CT molecular complexity index is 798. The van der Waals surface area contributed by atoms with E-state index in [1.165, 1.54) is 4.90 Å². The van der Waals surface area contributed by atoms with Crippen molar-refractivity contribution in [2.24, 2.45) is 7.05 Å². The molecule has 0 aliphatic carbocycles. The molecule has 7 nitrogen and oxygen atoms in total. The second-order valence-corrected chi connectivity index (χ2v) is 6.09. The van der Waals surface area contributed by atoms with E-state index in [1.54, 1.807) is 12.0 Å². The Labute approximate surface area is 140 Å². The van der Waals surface area contributed by atoms with Gasteiger partial charge in [-0.3, -0.25) is 4.79 Å². The zero-order valence-corrected chi connectivity index (χ0v) is 14.0. The Balaban J connectivity index is 1.89. The maximum Gasteiger partial charge on any atom is 0.407 e. The number of aryl methyl sites for hydroxylation is 1. The van der Waals surface area contributed by atoms with E-state index in [2.05, 4.69) is 0 Å². The number of benzene rings is 1. The standard InChI is InChI=1S/C17H21N3O4/c1-11-10-19(17(22)23)6-7-20(11)16(21)15-8-12-4-5-13(24-3)9-14(12)18(15)2/h4-5,8-9,11H,6-7,10H2,1-3H3,(H,22,23)/t11-/m1/s1. The molecule has 1 aliphatic rings. The summed E-state index contributed by atoms with van der Waals surface area (Å²) in [6, 6.07) is 7.40. The lowest BCUT2D eigenvalue weighted by molar-refractivity contribution is 0.0476. The van der Waals surface area contributed by atoms with Gasteiger partial charge in [0.2, 0.25) is 0 Å². The molecule has 0 spiro atoms. The predicted octanol–water partition coefficient (Wildman–Crippen LogP) is 2.01. The third-order valence-electron chi connectivity index (χ3n) is 4.63. The van der Waals surface area contributed by atoms with Gasteiger partial charge in [0.1, 0.15) is 11.4 Å². The van der Waals surface area contributed by atoms with Crippen LogP contribution in [-0.2, 0) is 7.05 Å². The number of hydrogen-bond acceptors (Lipinski definition) is 3. The molecule has 2 heterocycles. The first-order chi connectivity index (χ1) is 11.4.